The minimum atomic E-state index is -5.14. The number of halogens is 6. The Morgan fingerprint density at radius 1 is 1.43 bits per heavy atom. The highest BCUT2D eigenvalue weighted by Gasteiger charge is 2.34. The van der Waals surface area contributed by atoms with Crippen LogP contribution in [0.1, 0.15) is 35.0 Å². The fourth-order valence-corrected chi connectivity index (χ4v) is 1.73. The third-order valence-electron chi connectivity index (χ3n) is 2.19. The first-order valence-corrected chi connectivity index (χ1v) is 6.03. The number of ether oxygens (including phenoxy) is 2. The molecular formula is C11H9ClF5NO3. The molecule has 0 amide bonds. The van der Waals surface area contributed by atoms with Crippen LogP contribution in [0.5, 0.6) is 5.88 Å². The van der Waals surface area contributed by atoms with E-state index >= 15 is 0 Å². The predicted molar refractivity (Wildman–Crippen MR) is 61.4 cm³/mol. The van der Waals surface area contributed by atoms with E-state index in [9.17, 15) is 26.7 Å². The maximum Gasteiger partial charge on any atom is 0.574 e. The van der Waals surface area contributed by atoms with E-state index in [1.807, 2.05) is 0 Å². The van der Waals surface area contributed by atoms with Crippen molar-refractivity contribution >= 4 is 17.6 Å². The number of esters is 1. The maximum atomic E-state index is 12.8. The van der Waals surface area contributed by atoms with Gasteiger partial charge in [0.05, 0.1) is 18.1 Å². The zero-order valence-electron chi connectivity index (χ0n) is 10.5. The van der Waals surface area contributed by atoms with E-state index in [-0.39, 0.29) is 6.61 Å². The number of pyridine rings is 1. The molecule has 1 heterocycles. The fraction of sp³-hybridized carbons (Fsp3) is 0.455. The van der Waals surface area contributed by atoms with Gasteiger partial charge in [-0.15, -0.1) is 24.8 Å². The van der Waals surface area contributed by atoms with E-state index < -0.39 is 47.3 Å². The van der Waals surface area contributed by atoms with Gasteiger partial charge < -0.3 is 9.47 Å². The SMILES string of the molecule is CCOC(=O)c1cc(OC(F)(F)F)nc(C(F)F)c1CCl. The molecule has 0 saturated carbocycles. The Labute approximate surface area is 120 Å². The maximum absolute atomic E-state index is 12.8. The van der Waals surface area contributed by atoms with E-state index in [1.54, 1.807) is 0 Å². The molecule has 0 saturated heterocycles. The Kier molecular flexibility index (Phi) is 5.70. The van der Waals surface area contributed by atoms with Crippen LogP contribution < -0.4 is 4.74 Å². The van der Waals surface area contributed by atoms with Crippen molar-refractivity contribution in [1.29, 1.82) is 0 Å². The van der Waals surface area contributed by atoms with Crippen LogP contribution in [0.25, 0.3) is 0 Å². The van der Waals surface area contributed by atoms with Gasteiger partial charge in [0.15, 0.2) is 0 Å². The number of hydrogen-bond acceptors (Lipinski definition) is 4. The van der Waals surface area contributed by atoms with Gasteiger partial charge in [-0.2, -0.15) is 0 Å². The molecule has 0 N–H and O–H groups in total. The molecule has 0 aliphatic heterocycles. The lowest BCUT2D eigenvalue weighted by atomic mass is 10.1. The molecule has 0 fully saturated rings. The van der Waals surface area contributed by atoms with Crippen LogP contribution in [0.2, 0.25) is 0 Å². The van der Waals surface area contributed by atoms with Crippen molar-refractivity contribution in [3.8, 4) is 5.88 Å². The summed E-state index contributed by atoms with van der Waals surface area (Å²) in [5.74, 6) is -2.83. The zero-order valence-corrected chi connectivity index (χ0v) is 11.3. The van der Waals surface area contributed by atoms with Gasteiger partial charge in [-0.1, -0.05) is 0 Å². The van der Waals surface area contributed by atoms with E-state index in [0.717, 1.165) is 0 Å². The molecule has 118 valence electrons. The molecule has 0 aliphatic rings. The van der Waals surface area contributed by atoms with Crippen molar-refractivity contribution in [2.75, 3.05) is 6.61 Å². The van der Waals surface area contributed by atoms with Gasteiger partial charge >= 0.3 is 12.3 Å². The normalized spacial score (nSPS) is 11.6. The molecule has 21 heavy (non-hydrogen) atoms. The monoisotopic (exact) mass is 333 g/mol. The smallest absolute Gasteiger partial charge is 0.462 e. The van der Waals surface area contributed by atoms with Crippen molar-refractivity contribution in [3.05, 3.63) is 22.9 Å². The average molecular weight is 334 g/mol. The summed E-state index contributed by atoms with van der Waals surface area (Å²) in [5, 5.41) is 0. The number of rotatable bonds is 5. The quantitative estimate of drug-likeness (QED) is 0.467. The van der Waals surface area contributed by atoms with Gasteiger partial charge in [-0.05, 0) is 6.92 Å². The lowest BCUT2D eigenvalue weighted by molar-refractivity contribution is -0.276. The van der Waals surface area contributed by atoms with E-state index in [1.165, 1.54) is 6.92 Å². The first-order chi connectivity index (χ1) is 9.69. The molecule has 1 aromatic heterocycles. The highest BCUT2D eigenvalue weighted by atomic mass is 35.5. The molecule has 0 aromatic carbocycles. The van der Waals surface area contributed by atoms with Crippen molar-refractivity contribution in [2.24, 2.45) is 0 Å². The molecule has 0 aliphatic carbocycles. The van der Waals surface area contributed by atoms with Crippen molar-refractivity contribution in [3.63, 3.8) is 0 Å². The van der Waals surface area contributed by atoms with Crippen LogP contribution in [0.15, 0.2) is 6.07 Å². The van der Waals surface area contributed by atoms with Gasteiger partial charge in [-0.3, -0.25) is 0 Å². The van der Waals surface area contributed by atoms with Crippen LogP contribution in [0, 0.1) is 0 Å². The van der Waals surface area contributed by atoms with Crippen molar-refractivity contribution < 1.29 is 36.2 Å². The Balaban J connectivity index is 3.40. The summed E-state index contributed by atoms with van der Waals surface area (Å²) in [4.78, 5) is 14.7. The van der Waals surface area contributed by atoms with E-state index in [4.69, 9.17) is 11.6 Å². The first kappa shape index (κ1) is 17.4. The average Bonchev–Trinajstić information content (AvgIpc) is 2.35. The molecule has 0 atom stereocenters. The Hall–Kier alpha value is -1.64. The lowest BCUT2D eigenvalue weighted by Gasteiger charge is -2.14. The molecule has 0 radical (unpaired) electrons. The molecular weight excluding hydrogens is 325 g/mol. The van der Waals surface area contributed by atoms with Gasteiger partial charge in [0.25, 0.3) is 6.43 Å². The third-order valence-corrected chi connectivity index (χ3v) is 2.46. The molecule has 10 heteroatoms. The number of carbonyl (C=O) groups excluding carboxylic acids is 1. The van der Waals surface area contributed by atoms with E-state index in [2.05, 4.69) is 14.5 Å². The van der Waals surface area contributed by atoms with Crippen LogP contribution in [-0.2, 0) is 10.6 Å². The standard InChI is InChI=1S/C11H9ClF5NO3/c1-2-20-10(19)5-3-7(21-11(15,16)17)18-8(9(13)14)6(5)4-12/h3,9H,2,4H2,1H3. The molecule has 0 spiro atoms. The number of alkyl halides is 6. The number of carbonyl (C=O) groups is 1. The van der Waals surface area contributed by atoms with Gasteiger partial charge in [0.1, 0.15) is 5.69 Å². The molecule has 0 unspecified atom stereocenters. The second kappa shape index (κ2) is 6.88. The molecule has 1 rings (SSSR count). The molecule has 4 nitrogen and oxygen atoms in total. The Morgan fingerprint density at radius 3 is 2.48 bits per heavy atom. The summed E-state index contributed by atoms with van der Waals surface area (Å²) in [5.41, 5.74) is -2.01. The summed E-state index contributed by atoms with van der Waals surface area (Å²) in [6.45, 7) is 1.35. The van der Waals surface area contributed by atoms with Gasteiger partial charge in [0, 0.05) is 11.6 Å². The number of nitrogens with zero attached hydrogens (tertiary/aromatic N) is 1. The minimum absolute atomic E-state index is 0.0949. The number of hydrogen-bond donors (Lipinski definition) is 0. The zero-order chi connectivity index (χ0) is 16.2. The number of aromatic nitrogens is 1. The first-order valence-electron chi connectivity index (χ1n) is 5.50. The summed E-state index contributed by atoms with van der Waals surface area (Å²) in [6.07, 6.45) is -8.37. The minimum Gasteiger partial charge on any atom is -0.462 e. The summed E-state index contributed by atoms with van der Waals surface area (Å²) in [6, 6.07) is 0.565. The molecule has 1 aromatic rings. The Bertz CT molecular complexity index is 521. The third kappa shape index (κ3) is 4.69. The molecule has 0 bridgehead atoms. The van der Waals surface area contributed by atoms with Crippen LogP contribution in [0.4, 0.5) is 22.0 Å². The largest absolute Gasteiger partial charge is 0.574 e. The van der Waals surface area contributed by atoms with Gasteiger partial charge in [-0.25, -0.2) is 18.6 Å². The second-order valence-electron chi connectivity index (χ2n) is 3.57. The topological polar surface area (TPSA) is 48.4 Å². The van der Waals surface area contributed by atoms with Gasteiger partial charge in [0.2, 0.25) is 5.88 Å². The summed E-state index contributed by atoms with van der Waals surface area (Å²) >= 11 is 5.47. The van der Waals surface area contributed by atoms with Crippen molar-refractivity contribution in [1.82, 2.24) is 4.98 Å². The fourth-order valence-electron chi connectivity index (χ4n) is 1.45. The van der Waals surface area contributed by atoms with Crippen LogP contribution >= 0.6 is 11.6 Å². The van der Waals surface area contributed by atoms with Crippen molar-refractivity contribution in [2.45, 2.75) is 25.6 Å². The lowest BCUT2D eigenvalue weighted by Crippen LogP contribution is -2.20. The van der Waals surface area contributed by atoms with Crippen LogP contribution in [0.3, 0.4) is 0 Å². The van der Waals surface area contributed by atoms with Crippen LogP contribution in [-0.4, -0.2) is 23.9 Å². The predicted octanol–water partition coefficient (Wildman–Crippen LogP) is 3.83. The second-order valence-corrected chi connectivity index (χ2v) is 3.84. The summed E-state index contributed by atoms with van der Waals surface area (Å²) < 4.78 is 70.2. The summed E-state index contributed by atoms with van der Waals surface area (Å²) in [7, 11) is 0. The highest BCUT2D eigenvalue weighted by molar-refractivity contribution is 6.17. The Morgan fingerprint density at radius 2 is 2.05 bits per heavy atom. The van der Waals surface area contributed by atoms with E-state index in [0.29, 0.717) is 6.07 Å². The highest BCUT2D eigenvalue weighted by Crippen LogP contribution is 2.31.